The maximum absolute atomic E-state index is 6.33. The van der Waals surface area contributed by atoms with Gasteiger partial charge in [0.25, 0.3) is 0 Å². The first kappa shape index (κ1) is 14.4. The topological polar surface area (TPSA) is 17.3 Å². The Morgan fingerprint density at radius 3 is 2.33 bits per heavy atom. The Labute approximate surface area is 134 Å². The first-order valence-electron chi connectivity index (χ1n) is 6.91. The number of aromatic nitrogens is 2. The number of rotatable bonds is 2. The Bertz CT molecular complexity index is 802. The standard InChI is InChI=1S/C17H16Cl2N2/c1-10(2)12-4-6-13(7-5-12)15-9-21-8-14(18)11(3)16(19)17(21)20-15/h4-10H,1-3H3. The van der Waals surface area contributed by atoms with Gasteiger partial charge in [0, 0.05) is 18.0 Å². The van der Waals surface area contributed by atoms with Crippen molar-refractivity contribution in [1.82, 2.24) is 9.38 Å². The highest BCUT2D eigenvalue weighted by molar-refractivity contribution is 6.37. The average Bonchev–Trinajstić information content (AvgIpc) is 2.89. The van der Waals surface area contributed by atoms with Gasteiger partial charge in [0.15, 0.2) is 5.65 Å². The zero-order valence-electron chi connectivity index (χ0n) is 12.2. The van der Waals surface area contributed by atoms with E-state index in [1.165, 1.54) is 5.56 Å². The smallest absolute Gasteiger partial charge is 0.156 e. The van der Waals surface area contributed by atoms with Crippen molar-refractivity contribution in [2.75, 3.05) is 0 Å². The van der Waals surface area contributed by atoms with Crippen molar-refractivity contribution in [3.05, 3.63) is 57.8 Å². The van der Waals surface area contributed by atoms with Crippen LogP contribution in [0.3, 0.4) is 0 Å². The minimum Gasteiger partial charge on any atom is -0.304 e. The van der Waals surface area contributed by atoms with Gasteiger partial charge in [-0.2, -0.15) is 0 Å². The van der Waals surface area contributed by atoms with E-state index in [0.717, 1.165) is 22.5 Å². The molecule has 108 valence electrons. The summed E-state index contributed by atoms with van der Waals surface area (Å²) in [5, 5.41) is 1.25. The molecule has 0 fully saturated rings. The molecule has 0 spiro atoms. The van der Waals surface area contributed by atoms with Gasteiger partial charge in [0.1, 0.15) is 0 Å². The third-order valence-electron chi connectivity index (χ3n) is 3.74. The number of benzene rings is 1. The van der Waals surface area contributed by atoms with Gasteiger partial charge >= 0.3 is 0 Å². The summed E-state index contributed by atoms with van der Waals surface area (Å²) in [6, 6.07) is 8.48. The van der Waals surface area contributed by atoms with Crippen LogP contribution in [0.1, 0.15) is 30.9 Å². The van der Waals surface area contributed by atoms with Crippen LogP contribution < -0.4 is 0 Å². The minimum atomic E-state index is 0.524. The van der Waals surface area contributed by atoms with Crippen LogP contribution in [0.25, 0.3) is 16.9 Å². The molecule has 0 saturated heterocycles. The molecule has 2 nitrogen and oxygen atoms in total. The van der Waals surface area contributed by atoms with Gasteiger partial charge in [-0.1, -0.05) is 61.3 Å². The molecule has 2 heterocycles. The summed E-state index contributed by atoms with van der Waals surface area (Å²) < 4.78 is 1.88. The zero-order valence-corrected chi connectivity index (χ0v) is 13.7. The number of nitrogens with zero attached hydrogens (tertiary/aromatic N) is 2. The second kappa shape index (κ2) is 5.36. The van der Waals surface area contributed by atoms with Crippen molar-refractivity contribution in [1.29, 1.82) is 0 Å². The van der Waals surface area contributed by atoms with Crippen LogP contribution in [-0.4, -0.2) is 9.38 Å². The molecule has 0 unspecified atom stereocenters. The van der Waals surface area contributed by atoms with Crippen LogP contribution >= 0.6 is 23.2 Å². The van der Waals surface area contributed by atoms with E-state index in [-0.39, 0.29) is 0 Å². The molecule has 2 aromatic heterocycles. The lowest BCUT2D eigenvalue weighted by molar-refractivity contribution is 0.867. The lowest BCUT2D eigenvalue weighted by Crippen LogP contribution is -1.88. The summed E-state index contributed by atoms with van der Waals surface area (Å²) in [4.78, 5) is 4.63. The van der Waals surface area contributed by atoms with E-state index in [1.54, 1.807) is 0 Å². The summed E-state index contributed by atoms with van der Waals surface area (Å²) in [5.74, 6) is 0.524. The Balaban J connectivity index is 2.11. The van der Waals surface area contributed by atoms with Gasteiger partial charge in [-0.05, 0) is 24.0 Å². The molecule has 21 heavy (non-hydrogen) atoms. The van der Waals surface area contributed by atoms with E-state index in [2.05, 4.69) is 43.1 Å². The summed E-state index contributed by atoms with van der Waals surface area (Å²) >= 11 is 12.5. The van der Waals surface area contributed by atoms with Crippen LogP contribution in [0.5, 0.6) is 0 Å². The van der Waals surface area contributed by atoms with Crippen molar-refractivity contribution < 1.29 is 0 Å². The van der Waals surface area contributed by atoms with Gasteiger partial charge in [-0.15, -0.1) is 0 Å². The van der Waals surface area contributed by atoms with E-state index in [0.29, 0.717) is 16.0 Å². The van der Waals surface area contributed by atoms with Crippen molar-refractivity contribution in [3.8, 4) is 11.3 Å². The number of halogens is 2. The molecule has 3 rings (SSSR count). The largest absolute Gasteiger partial charge is 0.304 e. The average molecular weight is 319 g/mol. The Hall–Kier alpha value is -1.51. The highest BCUT2D eigenvalue weighted by atomic mass is 35.5. The van der Waals surface area contributed by atoms with Crippen molar-refractivity contribution in [2.45, 2.75) is 26.7 Å². The minimum absolute atomic E-state index is 0.524. The number of pyridine rings is 1. The normalized spacial score (nSPS) is 11.5. The summed E-state index contributed by atoms with van der Waals surface area (Å²) in [5.41, 5.74) is 4.89. The molecule has 0 aliphatic carbocycles. The third-order valence-corrected chi connectivity index (χ3v) is 4.58. The molecule has 0 atom stereocenters. The van der Waals surface area contributed by atoms with Gasteiger partial charge in [0.05, 0.1) is 15.7 Å². The number of hydrogen-bond acceptors (Lipinski definition) is 1. The highest BCUT2D eigenvalue weighted by Gasteiger charge is 2.12. The Morgan fingerprint density at radius 2 is 1.71 bits per heavy atom. The molecular weight excluding hydrogens is 303 g/mol. The number of hydrogen-bond donors (Lipinski definition) is 0. The maximum atomic E-state index is 6.33. The molecule has 1 aromatic carbocycles. The van der Waals surface area contributed by atoms with Crippen LogP contribution in [0.15, 0.2) is 36.7 Å². The zero-order chi connectivity index (χ0) is 15.1. The highest BCUT2D eigenvalue weighted by Crippen LogP contribution is 2.30. The van der Waals surface area contributed by atoms with Crippen LogP contribution in [0.2, 0.25) is 10.0 Å². The fourth-order valence-corrected chi connectivity index (χ4v) is 2.81. The maximum Gasteiger partial charge on any atom is 0.156 e. The number of imidazole rings is 1. The fraction of sp³-hybridized carbons (Fsp3) is 0.235. The van der Waals surface area contributed by atoms with Crippen LogP contribution in [0, 0.1) is 6.92 Å². The van der Waals surface area contributed by atoms with E-state index >= 15 is 0 Å². The molecule has 0 amide bonds. The third kappa shape index (κ3) is 2.54. The Morgan fingerprint density at radius 1 is 1.05 bits per heavy atom. The summed E-state index contributed by atoms with van der Waals surface area (Å²) in [6.07, 6.45) is 3.80. The van der Waals surface area contributed by atoms with Crippen molar-refractivity contribution in [3.63, 3.8) is 0 Å². The number of fused-ring (bicyclic) bond motifs is 1. The molecule has 3 aromatic rings. The van der Waals surface area contributed by atoms with E-state index < -0.39 is 0 Å². The molecule has 0 saturated carbocycles. The monoisotopic (exact) mass is 318 g/mol. The van der Waals surface area contributed by atoms with Gasteiger partial charge in [-0.25, -0.2) is 4.98 Å². The lowest BCUT2D eigenvalue weighted by Gasteiger charge is -2.05. The molecular formula is C17H16Cl2N2. The van der Waals surface area contributed by atoms with Gasteiger partial charge in [-0.3, -0.25) is 0 Å². The lowest BCUT2D eigenvalue weighted by atomic mass is 10.0. The van der Waals surface area contributed by atoms with E-state index in [4.69, 9.17) is 23.2 Å². The second-order valence-electron chi connectivity index (χ2n) is 5.55. The molecule has 0 bridgehead atoms. The van der Waals surface area contributed by atoms with E-state index in [1.807, 2.05) is 23.7 Å². The predicted octanol–water partition coefficient (Wildman–Crippen LogP) is 5.74. The molecule has 4 heteroatoms. The SMILES string of the molecule is Cc1c(Cl)cn2cc(-c3ccc(C(C)C)cc3)nc2c1Cl. The molecule has 0 aliphatic heterocycles. The van der Waals surface area contributed by atoms with Crippen molar-refractivity contribution in [2.24, 2.45) is 0 Å². The Kier molecular flexibility index (Phi) is 3.68. The quantitative estimate of drug-likeness (QED) is 0.589. The van der Waals surface area contributed by atoms with Crippen molar-refractivity contribution >= 4 is 28.8 Å². The summed E-state index contributed by atoms with van der Waals surface area (Å²) in [6.45, 7) is 6.27. The van der Waals surface area contributed by atoms with Crippen LogP contribution in [-0.2, 0) is 0 Å². The van der Waals surface area contributed by atoms with E-state index in [9.17, 15) is 0 Å². The van der Waals surface area contributed by atoms with Gasteiger partial charge < -0.3 is 4.40 Å². The second-order valence-corrected chi connectivity index (χ2v) is 6.33. The van der Waals surface area contributed by atoms with Gasteiger partial charge in [0.2, 0.25) is 0 Å². The fourth-order valence-electron chi connectivity index (χ4n) is 2.32. The summed E-state index contributed by atoms with van der Waals surface area (Å²) in [7, 11) is 0. The molecule has 0 N–H and O–H groups in total. The molecule has 0 aliphatic rings. The molecule has 0 radical (unpaired) electrons. The predicted molar refractivity (Wildman–Crippen MR) is 89.5 cm³/mol. The first-order chi connectivity index (χ1) is 9.97. The first-order valence-corrected chi connectivity index (χ1v) is 7.66. The van der Waals surface area contributed by atoms with Crippen LogP contribution in [0.4, 0.5) is 0 Å².